The molecule has 0 fully saturated rings. The van der Waals surface area contributed by atoms with Crippen molar-refractivity contribution in [2.45, 2.75) is 6.92 Å². The lowest BCUT2D eigenvalue weighted by Crippen LogP contribution is -2.23. The molecule has 1 amide bonds. The van der Waals surface area contributed by atoms with Gasteiger partial charge in [0, 0.05) is 16.6 Å². The van der Waals surface area contributed by atoms with Crippen LogP contribution in [0.1, 0.15) is 27.6 Å². The van der Waals surface area contributed by atoms with Crippen LogP contribution in [0.4, 0.5) is 5.69 Å². The summed E-state index contributed by atoms with van der Waals surface area (Å²) in [5.41, 5.74) is 0.535. The lowest BCUT2D eigenvalue weighted by molar-refractivity contribution is 0.0696. The highest BCUT2D eigenvalue weighted by Crippen LogP contribution is 2.19. The topological polar surface area (TPSA) is 108 Å². The Hall–Kier alpha value is -3.61. The molecule has 0 unspecified atom stereocenters. The number of rotatable bonds is 5. The summed E-state index contributed by atoms with van der Waals surface area (Å²) in [4.78, 5) is 38.1. The van der Waals surface area contributed by atoms with E-state index in [-0.39, 0.29) is 11.1 Å². The minimum Gasteiger partial charge on any atom is -0.494 e. The van der Waals surface area contributed by atoms with Crippen molar-refractivity contribution in [3.8, 4) is 5.75 Å². The second-order valence-corrected chi connectivity index (χ2v) is 5.53. The second kappa shape index (κ2) is 7.10. The number of carbonyl (C=O) groups excluding carboxylic acids is 1. The number of pyridine rings is 1. The van der Waals surface area contributed by atoms with Crippen molar-refractivity contribution in [2.24, 2.45) is 0 Å². The van der Waals surface area contributed by atoms with Gasteiger partial charge in [0.15, 0.2) is 0 Å². The highest BCUT2D eigenvalue weighted by atomic mass is 16.5. The van der Waals surface area contributed by atoms with Crippen LogP contribution in [0.15, 0.2) is 53.3 Å². The van der Waals surface area contributed by atoms with Crippen molar-refractivity contribution in [2.75, 3.05) is 11.9 Å². The fourth-order valence-electron chi connectivity index (χ4n) is 2.50. The van der Waals surface area contributed by atoms with Crippen LogP contribution in [-0.4, -0.2) is 28.6 Å². The van der Waals surface area contributed by atoms with Gasteiger partial charge >= 0.3 is 5.97 Å². The summed E-state index contributed by atoms with van der Waals surface area (Å²) in [7, 11) is 0. The summed E-state index contributed by atoms with van der Waals surface area (Å²) in [5, 5.41) is 12.1. The summed E-state index contributed by atoms with van der Waals surface area (Å²) < 4.78 is 5.43. The standard InChI is InChI=1S/C19H16N2O5/c1-2-26-14-7-8-16-12(9-14)10-15(18(23)21-16)17(22)20-13-5-3-11(4-6-13)19(24)25/h3-10H,2H2,1H3,(H,20,22)(H,21,23)(H,24,25). The molecule has 0 bridgehead atoms. The molecule has 1 heterocycles. The number of nitrogens with one attached hydrogen (secondary N) is 2. The number of fused-ring (bicyclic) bond motifs is 1. The van der Waals surface area contributed by atoms with E-state index in [1.54, 1.807) is 18.2 Å². The molecule has 0 saturated carbocycles. The molecule has 0 radical (unpaired) electrons. The monoisotopic (exact) mass is 352 g/mol. The van der Waals surface area contributed by atoms with Gasteiger partial charge < -0.3 is 20.1 Å². The van der Waals surface area contributed by atoms with E-state index in [1.165, 1.54) is 30.3 Å². The van der Waals surface area contributed by atoms with Crippen molar-refractivity contribution >= 4 is 28.5 Å². The summed E-state index contributed by atoms with van der Waals surface area (Å²) in [6, 6.07) is 12.4. The average molecular weight is 352 g/mol. The van der Waals surface area contributed by atoms with Crippen molar-refractivity contribution in [3.05, 3.63) is 70.0 Å². The number of aromatic amines is 1. The van der Waals surface area contributed by atoms with E-state index < -0.39 is 17.4 Å². The maximum Gasteiger partial charge on any atom is 0.335 e. The van der Waals surface area contributed by atoms with E-state index in [4.69, 9.17) is 9.84 Å². The number of amides is 1. The van der Waals surface area contributed by atoms with Crippen LogP contribution in [0.2, 0.25) is 0 Å². The van der Waals surface area contributed by atoms with Gasteiger partial charge in [0.25, 0.3) is 11.5 Å². The minimum absolute atomic E-state index is 0.0477. The third kappa shape index (κ3) is 3.56. The van der Waals surface area contributed by atoms with E-state index >= 15 is 0 Å². The van der Waals surface area contributed by atoms with Gasteiger partial charge in [0.2, 0.25) is 0 Å². The molecule has 0 aliphatic heterocycles. The van der Waals surface area contributed by atoms with Gasteiger partial charge in [-0.2, -0.15) is 0 Å². The number of carbonyl (C=O) groups is 2. The molecule has 0 spiro atoms. The van der Waals surface area contributed by atoms with Crippen LogP contribution < -0.4 is 15.6 Å². The Morgan fingerprint density at radius 3 is 2.50 bits per heavy atom. The molecule has 2 aromatic carbocycles. The van der Waals surface area contributed by atoms with Gasteiger partial charge in [-0.05, 0) is 55.5 Å². The fraction of sp³-hybridized carbons (Fsp3) is 0.105. The first kappa shape index (κ1) is 17.2. The number of aromatic nitrogens is 1. The average Bonchev–Trinajstić information content (AvgIpc) is 2.62. The Balaban J connectivity index is 1.90. The Bertz CT molecular complexity index is 1040. The van der Waals surface area contributed by atoms with Gasteiger partial charge in [-0.1, -0.05) is 0 Å². The number of benzene rings is 2. The van der Waals surface area contributed by atoms with Crippen molar-refractivity contribution < 1.29 is 19.4 Å². The SMILES string of the molecule is CCOc1ccc2[nH]c(=O)c(C(=O)Nc3ccc(C(=O)O)cc3)cc2c1. The zero-order valence-corrected chi connectivity index (χ0v) is 13.9. The van der Waals surface area contributed by atoms with E-state index in [0.29, 0.717) is 28.9 Å². The van der Waals surface area contributed by atoms with Crippen LogP contribution in [0, 0.1) is 0 Å². The van der Waals surface area contributed by atoms with Gasteiger partial charge in [-0.25, -0.2) is 4.79 Å². The normalized spacial score (nSPS) is 10.5. The second-order valence-electron chi connectivity index (χ2n) is 5.53. The Morgan fingerprint density at radius 2 is 1.85 bits per heavy atom. The molecular formula is C19H16N2O5. The number of hydrogen-bond donors (Lipinski definition) is 3. The van der Waals surface area contributed by atoms with Crippen LogP contribution in [0.5, 0.6) is 5.75 Å². The quantitative estimate of drug-likeness (QED) is 0.654. The molecule has 3 N–H and O–H groups in total. The van der Waals surface area contributed by atoms with Crippen molar-refractivity contribution in [3.63, 3.8) is 0 Å². The number of H-pyrrole nitrogens is 1. The van der Waals surface area contributed by atoms with Gasteiger partial charge in [-0.15, -0.1) is 0 Å². The number of ether oxygens (including phenoxy) is 1. The molecule has 0 atom stereocenters. The Kier molecular flexibility index (Phi) is 4.70. The number of anilines is 1. The molecule has 7 nitrogen and oxygen atoms in total. The van der Waals surface area contributed by atoms with Crippen LogP contribution in [-0.2, 0) is 0 Å². The lowest BCUT2D eigenvalue weighted by Gasteiger charge is -2.08. The first-order valence-corrected chi connectivity index (χ1v) is 7.92. The highest BCUT2D eigenvalue weighted by molar-refractivity contribution is 6.06. The summed E-state index contributed by atoms with van der Waals surface area (Å²) >= 11 is 0. The maximum absolute atomic E-state index is 12.4. The number of aromatic carboxylic acids is 1. The molecule has 7 heteroatoms. The predicted octanol–water partition coefficient (Wildman–Crippen LogP) is 2.88. The molecular weight excluding hydrogens is 336 g/mol. The van der Waals surface area contributed by atoms with Crippen LogP contribution >= 0.6 is 0 Å². The summed E-state index contributed by atoms with van der Waals surface area (Å²) in [6.45, 7) is 2.38. The van der Waals surface area contributed by atoms with E-state index in [9.17, 15) is 14.4 Å². The lowest BCUT2D eigenvalue weighted by atomic mass is 10.1. The van der Waals surface area contributed by atoms with Gasteiger partial charge in [-0.3, -0.25) is 9.59 Å². The zero-order chi connectivity index (χ0) is 18.7. The Labute approximate surface area is 148 Å². The fourth-order valence-corrected chi connectivity index (χ4v) is 2.50. The summed E-state index contributed by atoms with van der Waals surface area (Å²) in [6.07, 6.45) is 0. The highest BCUT2D eigenvalue weighted by Gasteiger charge is 2.13. The first-order chi connectivity index (χ1) is 12.5. The molecule has 0 aliphatic carbocycles. The first-order valence-electron chi connectivity index (χ1n) is 7.92. The van der Waals surface area contributed by atoms with Gasteiger partial charge in [0.05, 0.1) is 12.2 Å². The molecule has 26 heavy (non-hydrogen) atoms. The molecule has 3 rings (SSSR count). The number of carboxylic acids is 1. The summed E-state index contributed by atoms with van der Waals surface area (Å²) in [5.74, 6) is -1.00. The largest absolute Gasteiger partial charge is 0.494 e. The van der Waals surface area contributed by atoms with Crippen LogP contribution in [0.3, 0.4) is 0 Å². The third-order valence-electron chi connectivity index (χ3n) is 3.76. The molecule has 0 aliphatic rings. The Morgan fingerprint density at radius 1 is 1.12 bits per heavy atom. The van der Waals surface area contributed by atoms with E-state index in [2.05, 4.69) is 10.3 Å². The third-order valence-corrected chi connectivity index (χ3v) is 3.76. The molecule has 3 aromatic rings. The molecule has 0 saturated heterocycles. The molecule has 132 valence electrons. The number of hydrogen-bond acceptors (Lipinski definition) is 4. The van der Waals surface area contributed by atoms with Crippen molar-refractivity contribution in [1.82, 2.24) is 4.98 Å². The van der Waals surface area contributed by atoms with Gasteiger partial charge in [0.1, 0.15) is 11.3 Å². The predicted molar refractivity (Wildman–Crippen MR) is 97.1 cm³/mol. The maximum atomic E-state index is 12.4. The molecule has 1 aromatic heterocycles. The zero-order valence-electron chi connectivity index (χ0n) is 13.9. The number of carboxylic acid groups (broad SMARTS) is 1. The van der Waals surface area contributed by atoms with Crippen LogP contribution in [0.25, 0.3) is 10.9 Å². The minimum atomic E-state index is -1.06. The smallest absolute Gasteiger partial charge is 0.335 e. The van der Waals surface area contributed by atoms with E-state index in [1.807, 2.05) is 6.92 Å². The van der Waals surface area contributed by atoms with E-state index in [0.717, 1.165) is 0 Å². The van der Waals surface area contributed by atoms with Crippen molar-refractivity contribution in [1.29, 1.82) is 0 Å².